The summed E-state index contributed by atoms with van der Waals surface area (Å²) in [5.41, 5.74) is 6.46. The highest BCUT2D eigenvalue weighted by Gasteiger charge is 2.18. The fourth-order valence-corrected chi connectivity index (χ4v) is 2.23. The van der Waals surface area contributed by atoms with Crippen LogP contribution in [-0.4, -0.2) is 4.98 Å². The van der Waals surface area contributed by atoms with E-state index in [1.807, 2.05) is 6.92 Å². The van der Waals surface area contributed by atoms with Crippen LogP contribution in [-0.2, 0) is 13.0 Å². The van der Waals surface area contributed by atoms with Crippen LogP contribution in [0.25, 0.3) is 0 Å². The minimum atomic E-state index is 0.486. The van der Waals surface area contributed by atoms with Crippen molar-refractivity contribution in [2.45, 2.75) is 45.6 Å². The maximum absolute atomic E-state index is 5.58. The number of oxazole rings is 1. The van der Waals surface area contributed by atoms with Crippen LogP contribution >= 0.6 is 0 Å². The fourth-order valence-electron chi connectivity index (χ4n) is 2.23. The van der Waals surface area contributed by atoms with Crippen molar-refractivity contribution in [3.05, 3.63) is 17.3 Å². The molecule has 0 aliphatic heterocycles. The van der Waals surface area contributed by atoms with E-state index in [1.165, 1.54) is 25.7 Å². The third-order valence-electron chi connectivity index (χ3n) is 3.07. The number of hydrogen-bond acceptors (Lipinski definition) is 3. The van der Waals surface area contributed by atoms with E-state index in [0.29, 0.717) is 6.54 Å². The van der Waals surface area contributed by atoms with Crippen molar-refractivity contribution >= 4 is 0 Å². The van der Waals surface area contributed by atoms with Crippen LogP contribution in [0.3, 0.4) is 0 Å². The molecule has 1 aromatic rings. The standard InChI is InChI=1S/C11H18N2O/c1-8-10(7-12)13-11(14-8)6-9-4-2-3-5-9/h9H,2-7,12H2,1H3. The van der Waals surface area contributed by atoms with Gasteiger partial charge >= 0.3 is 0 Å². The summed E-state index contributed by atoms with van der Waals surface area (Å²) in [6.45, 7) is 2.42. The van der Waals surface area contributed by atoms with Gasteiger partial charge in [-0.3, -0.25) is 0 Å². The molecule has 3 nitrogen and oxygen atoms in total. The van der Waals surface area contributed by atoms with Crippen molar-refractivity contribution in [3.63, 3.8) is 0 Å². The van der Waals surface area contributed by atoms with Crippen molar-refractivity contribution in [1.29, 1.82) is 0 Å². The van der Waals surface area contributed by atoms with Crippen molar-refractivity contribution in [2.75, 3.05) is 0 Å². The van der Waals surface area contributed by atoms with E-state index in [9.17, 15) is 0 Å². The smallest absolute Gasteiger partial charge is 0.194 e. The van der Waals surface area contributed by atoms with Gasteiger partial charge in [0, 0.05) is 13.0 Å². The third kappa shape index (κ3) is 1.98. The maximum Gasteiger partial charge on any atom is 0.194 e. The topological polar surface area (TPSA) is 52.0 Å². The van der Waals surface area contributed by atoms with Gasteiger partial charge in [-0.2, -0.15) is 0 Å². The summed E-state index contributed by atoms with van der Waals surface area (Å²) in [5.74, 6) is 2.56. The van der Waals surface area contributed by atoms with Crippen molar-refractivity contribution in [1.82, 2.24) is 4.98 Å². The molecule has 3 heteroatoms. The van der Waals surface area contributed by atoms with Crippen LogP contribution in [0.2, 0.25) is 0 Å². The fraction of sp³-hybridized carbons (Fsp3) is 0.727. The molecular weight excluding hydrogens is 176 g/mol. The SMILES string of the molecule is Cc1oc(CC2CCCC2)nc1CN. The van der Waals surface area contributed by atoms with E-state index >= 15 is 0 Å². The van der Waals surface area contributed by atoms with Gasteiger partial charge in [-0.15, -0.1) is 0 Å². The first-order valence-electron chi connectivity index (χ1n) is 5.45. The van der Waals surface area contributed by atoms with E-state index in [0.717, 1.165) is 29.7 Å². The highest BCUT2D eigenvalue weighted by Crippen LogP contribution is 2.28. The molecule has 1 aromatic heterocycles. The molecule has 0 atom stereocenters. The van der Waals surface area contributed by atoms with Gasteiger partial charge in [0.1, 0.15) is 5.76 Å². The number of aromatic nitrogens is 1. The van der Waals surface area contributed by atoms with E-state index in [1.54, 1.807) is 0 Å². The van der Waals surface area contributed by atoms with Crippen LogP contribution in [0.1, 0.15) is 43.0 Å². The monoisotopic (exact) mass is 194 g/mol. The van der Waals surface area contributed by atoms with Gasteiger partial charge in [0.15, 0.2) is 5.89 Å². The zero-order chi connectivity index (χ0) is 9.97. The molecule has 2 N–H and O–H groups in total. The lowest BCUT2D eigenvalue weighted by molar-refractivity contribution is 0.418. The summed E-state index contributed by atoms with van der Waals surface area (Å²) in [5, 5.41) is 0. The lowest BCUT2D eigenvalue weighted by Crippen LogP contribution is -2.01. The Morgan fingerprint density at radius 2 is 2.14 bits per heavy atom. The first kappa shape index (κ1) is 9.71. The molecule has 0 amide bonds. The molecule has 0 bridgehead atoms. The van der Waals surface area contributed by atoms with Gasteiger partial charge in [-0.25, -0.2) is 4.98 Å². The van der Waals surface area contributed by atoms with E-state index in [-0.39, 0.29) is 0 Å². The number of aryl methyl sites for hydroxylation is 1. The van der Waals surface area contributed by atoms with Crippen LogP contribution < -0.4 is 5.73 Å². The van der Waals surface area contributed by atoms with Gasteiger partial charge in [-0.1, -0.05) is 12.8 Å². The molecule has 1 heterocycles. The molecule has 14 heavy (non-hydrogen) atoms. The van der Waals surface area contributed by atoms with Gasteiger partial charge in [-0.05, 0) is 25.7 Å². The third-order valence-corrected chi connectivity index (χ3v) is 3.07. The Hall–Kier alpha value is -0.830. The highest BCUT2D eigenvalue weighted by molar-refractivity contribution is 5.07. The van der Waals surface area contributed by atoms with E-state index in [2.05, 4.69) is 4.98 Å². The van der Waals surface area contributed by atoms with E-state index < -0.39 is 0 Å². The summed E-state index contributed by atoms with van der Waals surface area (Å²) in [6.07, 6.45) is 6.40. The minimum Gasteiger partial charge on any atom is -0.446 e. The first-order chi connectivity index (χ1) is 6.79. The number of hydrogen-bond donors (Lipinski definition) is 1. The molecule has 1 saturated carbocycles. The molecule has 78 valence electrons. The van der Waals surface area contributed by atoms with E-state index in [4.69, 9.17) is 10.2 Å². The normalized spacial score (nSPS) is 17.9. The molecule has 1 aliphatic carbocycles. The van der Waals surface area contributed by atoms with Crippen LogP contribution in [0.15, 0.2) is 4.42 Å². The minimum absolute atomic E-state index is 0.486. The van der Waals surface area contributed by atoms with Crippen LogP contribution in [0.5, 0.6) is 0 Å². The summed E-state index contributed by atoms with van der Waals surface area (Å²) in [7, 11) is 0. The van der Waals surface area contributed by atoms with Gasteiger partial charge < -0.3 is 10.2 Å². The molecule has 2 rings (SSSR count). The Balaban J connectivity index is 2.01. The molecule has 0 saturated heterocycles. The van der Waals surface area contributed by atoms with Gasteiger partial charge in [0.2, 0.25) is 0 Å². The summed E-state index contributed by atoms with van der Waals surface area (Å²) in [4.78, 5) is 4.40. The Morgan fingerprint density at radius 1 is 1.43 bits per heavy atom. The number of nitrogens with zero attached hydrogens (tertiary/aromatic N) is 1. The molecule has 0 spiro atoms. The lowest BCUT2D eigenvalue weighted by Gasteiger charge is -2.03. The van der Waals surface area contributed by atoms with Crippen molar-refractivity contribution in [3.8, 4) is 0 Å². The zero-order valence-electron chi connectivity index (χ0n) is 8.75. The lowest BCUT2D eigenvalue weighted by atomic mass is 10.0. The Morgan fingerprint density at radius 3 is 2.71 bits per heavy atom. The van der Waals surface area contributed by atoms with Crippen LogP contribution in [0.4, 0.5) is 0 Å². The second-order valence-corrected chi connectivity index (χ2v) is 4.17. The zero-order valence-corrected chi connectivity index (χ0v) is 8.75. The predicted octanol–water partition coefficient (Wildman–Crippen LogP) is 2.17. The molecule has 0 unspecified atom stereocenters. The Labute approximate surface area is 84.7 Å². The molecule has 0 aromatic carbocycles. The largest absolute Gasteiger partial charge is 0.446 e. The second-order valence-electron chi connectivity index (χ2n) is 4.17. The van der Waals surface area contributed by atoms with Crippen molar-refractivity contribution < 1.29 is 4.42 Å². The summed E-state index contributed by atoms with van der Waals surface area (Å²) < 4.78 is 5.58. The average molecular weight is 194 g/mol. The second kappa shape index (κ2) is 4.13. The summed E-state index contributed by atoms with van der Waals surface area (Å²) >= 11 is 0. The van der Waals surface area contributed by atoms with Gasteiger partial charge in [0.05, 0.1) is 5.69 Å². The molecule has 1 fully saturated rings. The molecular formula is C11H18N2O. The average Bonchev–Trinajstić information content (AvgIpc) is 2.76. The molecule has 1 aliphatic rings. The Bertz CT molecular complexity index is 300. The highest BCUT2D eigenvalue weighted by atomic mass is 16.4. The first-order valence-corrected chi connectivity index (χ1v) is 5.45. The molecule has 0 radical (unpaired) electrons. The summed E-state index contributed by atoms with van der Waals surface area (Å²) in [6, 6.07) is 0. The van der Waals surface area contributed by atoms with Crippen LogP contribution in [0, 0.1) is 12.8 Å². The maximum atomic E-state index is 5.58. The number of nitrogens with two attached hydrogens (primary N) is 1. The van der Waals surface area contributed by atoms with Crippen molar-refractivity contribution in [2.24, 2.45) is 11.7 Å². The van der Waals surface area contributed by atoms with Gasteiger partial charge in [0.25, 0.3) is 0 Å². The Kier molecular flexibility index (Phi) is 2.87. The predicted molar refractivity (Wildman–Crippen MR) is 54.8 cm³/mol. The quantitative estimate of drug-likeness (QED) is 0.802. The number of rotatable bonds is 3.